The standard InChI is InChI=1S/C17H24O3/c1-4-20-17(19)16(12-13(2)14(3)18)11-10-15-8-6-5-7-9-15/h5-9,13,16H,4,10-12H2,1-3H3/t13-,16-/m1/s1. The molecule has 0 radical (unpaired) electrons. The quantitative estimate of drug-likeness (QED) is 0.683. The fraction of sp³-hybridized carbons (Fsp3) is 0.529. The van der Waals surface area contributed by atoms with Crippen LogP contribution in [0.15, 0.2) is 30.3 Å². The van der Waals surface area contributed by atoms with Crippen molar-refractivity contribution >= 4 is 11.8 Å². The van der Waals surface area contributed by atoms with Gasteiger partial charge in [-0.3, -0.25) is 9.59 Å². The molecule has 0 aliphatic rings. The van der Waals surface area contributed by atoms with Gasteiger partial charge in [-0.1, -0.05) is 37.3 Å². The molecule has 0 amide bonds. The number of ether oxygens (including phenoxy) is 1. The molecule has 0 spiro atoms. The third kappa shape index (κ3) is 5.55. The van der Waals surface area contributed by atoms with Crippen LogP contribution in [0.1, 0.15) is 39.2 Å². The van der Waals surface area contributed by atoms with E-state index < -0.39 is 0 Å². The summed E-state index contributed by atoms with van der Waals surface area (Å²) in [7, 11) is 0. The molecule has 3 nitrogen and oxygen atoms in total. The normalized spacial score (nSPS) is 13.6. The lowest BCUT2D eigenvalue weighted by atomic mass is 9.89. The van der Waals surface area contributed by atoms with Crippen molar-refractivity contribution in [3.05, 3.63) is 35.9 Å². The minimum atomic E-state index is -0.200. The maximum atomic E-state index is 12.0. The molecule has 0 saturated carbocycles. The number of carbonyl (C=O) groups excluding carboxylic acids is 2. The monoisotopic (exact) mass is 276 g/mol. The summed E-state index contributed by atoms with van der Waals surface area (Å²) in [5.74, 6) is -0.357. The second-order valence-corrected chi connectivity index (χ2v) is 5.22. The van der Waals surface area contributed by atoms with Crippen LogP contribution < -0.4 is 0 Å². The van der Waals surface area contributed by atoms with Gasteiger partial charge in [0, 0.05) is 5.92 Å². The molecule has 0 bridgehead atoms. The van der Waals surface area contributed by atoms with E-state index in [0.717, 1.165) is 12.8 Å². The Kier molecular flexibility index (Phi) is 6.99. The van der Waals surface area contributed by atoms with Gasteiger partial charge in [0.2, 0.25) is 0 Å². The van der Waals surface area contributed by atoms with Gasteiger partial charge in [-0.25, -0.2) is 0 Å². The highest BCUT2D eigenvalue weighted by atomic mass is 16.5. The first kappa shape index (κ1) is 16.4. The van der Waals surface area contributed by atoms with E-state index in [9.17, 15) is 9.59 Å². The first-order valence-electron chi connectivity index (χ1n) is 7.25. The molecule has 1 aromatic carbocycles. The van der Waals surface area contributed by atoms with E-state index in [4.69, 9.17) is 4.74 Å². The highest BCUT2D eigenvalue weighted by Gasteiger charge is 2.23. The number of benzene rings is 1. The van der Waals surface area contributed by atoms with E-state index in [-0.39, 0.29) is 23.6 Å². The fourth-order valence-electron chi connectivity index (χ4n) is 2.17. The molecule has 0 aliphatic heterocycles. The van der Waals surface area contributed by atoms with Gasteiger partial charge < -0.3 is 4.74 Å². The van der Waals surface area contributed by atoms with Crippen molar-refractivity contribution in [3.8, 4) is 0 Å². The summed E-state index contributed by atoms with van der Waals surface area (Å²) in [6.07, 6.45) is 2.12. The second kappa shape index (κ2) is 8.51. The lowest BCUT2D eigenvalue weighted by Crippen LogP contribution is -2.23. The van der Waals surface area contributed by atoms with Crippen LogP contribution in [-0.4, -0.2) is 18.4 Å². The molecule has 1 aromatic rings. The van der Waals surface area contributed by atoms with Crippen molar-refractivity contribution in [2.45, 2.75) is 40.0 Å². The lowest BCUT2D eigenvalue weighted by molar-refractivity contribution is -0.149. The predicted molar refractivity (Wildman–Crippen MR) is 79.3 cm³/mol. The van der Waals surface area contributed by atoms with Gasteiger partial charge in [0.25, 0.3) is 0 Å². The molecule has 0 aromatic heterocycles. The Morgan fingerprint density at radius 2 is 1.85 bits per heavy atom. The van der Waals surface area contributed by atoms with Crippen molar-refractivity contribution in [1.82, 2.24) is 0 Å². The zero-order chi connectivity index (χ0) is 15.0. The maximum Gasteiger partial charge on any atom is 0.308 e. The summed E-state index contributed by atoms with van der Waals surface area (Å²) in [4.78, 5) is 23.4. The van der Waals surface area contributed by atoms with Crippen molar-refractivity contribution in [2.75, 3.05) is 6.61 Å². The van der Waals surface area contributed by atoms with Crippen LogP contribution in [0.25, 0.3) is 0 Å². The van der Waals surface area contributed by atoms with Crippen LogP contribution >= 0.6 is 0 Å². The number of aryl methyl sites for hydroxylation is 1. The average molecular weight is 276 g/mol. The Labute approximate surface area is 121 Å². The molecule has 0 fully saturated rings. The molecule has 0 unspecified atom stereocenters. The summed E-state index contributed by atoms with van der Waals surface area (Å²) in [5.41, 5.74) is 1.21. The van der Waals surface area contributed by atoms with Crippen molar-refractivity contribution in [1.29, 1.82) is 0 Å². The van der Waals surface area contributed by atoms with Crippen LogP contribution in [0.3, 0.4) is 0 Å². The smallest absolute Gasteiger partial charge is 0.308 e. The van der Waals surface area contributed by atoms with E-state index in [2.05, 4.69) is 12.1 Å². The number of rotatable bonds is 8. The summed E-state index contributed by atoms with van der Waals surface area (Å²) in [5, 5.41) is 0. The van der Waals surface area contributed by atoms with Gasteiger partial charge in [-0.2, -0.15) is 0 Å². The van der Waals surface area contributed by atoms with E-state index in [1.54, 1.807) is 13.8 Å². The van der Waals surface area contributed by atoms with E-state index >= 15 is 0 Å². The van der Waals surface area contributed by atoms with Crippen molar-refractivity contribution < 1.29 is 14.3 Å². The number of hydrogen-bond donors (Lipinski definition) is 0. The van der Waals surface area contributed by atoms with Crippen LogP contribution in [0.5, 0.6) is 0 Å². The Morgan fingerprint density at radius 1 is 1.20 bits per heavy atom. The Hall–Kier alpha value is -1.64. The van der Waals surface area contributed by atoms with E-state index in [0.29, 0.717) is 13.0 Å². The highest BCUT2D eigenvalue weighted by molar-refractivity contribution is 5.79. The first-order chi connectivity index (χ1) is 9.54. The maximum absolute atomic E-state index is 12.0. The molecule has 0 saturated heterocycles. The topological polar surface area (TPSA) is 43.4 Å². The minimum absolute atomic E-state index is 0.0971. The fourth-order valence-corrected chi connectivity index (χ4v) is 2.17. The zero-order valence-electron chi connectivity index (χ0n) is 12.6. The van der Waals surface area contributed by atoms with Gasteiger partial charge in [-0.05, 0) is 38.7 Å². The predicted octanol–water partition coefficient (Wildman–Crippen LogP) is 3.41. The van der Waals surface area contributed by atoms with Gasteiger partial charge in [0.1, 0.15) is 5.78 Å². The van der Waals surface area contributed by atoms with Crippen molar-refractivity contribution in [2.24, 2.45) is 11.8 Å². The Balaban J connectivity index is 2.62. The van der Waals surface area contributed by atoms with Gasteiger partial charge in [0.15, 0.2) is 0 Å². The molecule has 110 valence electrons. The van der Waals surface area contributed by atoms with Crippen LogP contribution in [0.2, 0.25) is 0 Å². The molecular formula is C17H24O3. The molecule has 20 heavy (non-hydrogen) atoms. The number of carbonyl (C=O) groups is 2. The number of esters is 1. The number of Topliss-reactive ketones (excluding diaryl/α,β-unsaturated/α-hetero) is 1. The summed E-state index contributed by atoms with van der Waals surface area (Å²) in [6.45, 7) is 5.64. The first-order valence-corrected chi connectivity index (χ1v) is 7.25. The lowest BCUT2D eigenvalue weighted by Gasteiger charge is -2.18. The molecule has 1 rings (SSSR count). The molecule has 3 heteroatoms. The van der Waals surface area contributed by atoms with Gasteiger partial charge in [-0.15, -0.1) is 0 Å². The molecular weight excluding hydrogens is 252 g/mol. The van der Waals surface area contributed by atoms with Crippen LogP contribution in [0.4, 0.5) is 0 Å². The highest BCUT2D eigenvalue weighted by Crippen LogP contribution is 2.20. The van der Waals surface area contributed by atoms with Crippen LogP contribution in [-0.2, 0) is 20.7 Å². The molecule has 0 heterocycles. The third-order valence-electron chi connectivity index (χ3n) is 3.58. The second-order valence-electron chi connectivity index (χ2n) is 5.22. The third-order valence-corrected chi connectivity index (χ3v) is 3.58. The van der Waals surface area contributed by atoms with Crippen molar-refractivity contribution in [3.63, 3.8) is 0 Å². The van der Waals surface area contributed by atoms with E-state index in [1.807, 2.05) is 25.1 Å². The molecule has 2 atom stereocenters. The summed E-state index contributed by atoms with van der Waals surface area (Å²) < 4.78 is 5.12. The number of hydrogen-bond acceptors (Lipinski definition) is 3. The van der Waals surface area contributed by atoms with Crippen LogP contribution in [0, 0.1) is 11.8 Å². The van der Waals surface area contributed by atoms with Gasteiger partial charge >= 0.3 is 5.97 Å². The Morgan fingerprint density at radius 3 is 2.40 bits per heavy atom. The van der Waals surface area contributed by atoms with E-state index in [1.165, 1.54) is 5.56 Å². The SMILES string of the molecule is CCOC(=O)[C@H](CCc1ccccc1)C[C@@H](C)C(C)=O. The summed E-state index contributed by atoms with van der Waals surface area (Å²) in [6, 6.07) is 10.1. The minimum Gasteiger partial charge on any atom is -0.466 e. The number of ketones is 1. The molecule has 0 aliphatic carbocycles. The molecule has 0 N–H and O–H groups in total. The zero-order valence-corrected chi connectivity index (χ0v) is 12.6. The average Bonchev–Trinajstić information content (AvgIpc) is 2.44. The largest absolute Gasteiger partial charge is 0.466 e. The summed E-state index contributed by atoms with van der Waals surface area (Å²) >= 11 is 0. The Bertz CT molecular complexity index is 425. The van der Waals surface area contributed by atoms with Gasteiger partial charge in [0.05, 0.1) is 12.5 Å².